The van der Waals surface area contributed by atoms with Crippen molar-refractivity contribution in [2.75, 3.05) is 27.2 Å². The quantitative estimate of drug-likeness (QED) is 0.585. The highest BCUT2D eigenvalue weighted by Crippen LogP contribution is 2.37. The summed E-state index contributed by atoms with van der Waals surface area (Å²) in [5.74, 6) is 2.03. The largest absolute Gasteiger partial charge is 0.493 e. The van der Waals surface area contributed by atoms with Crippen molar-refractivity contribution in [3.63, 3.8) is 0 Å². The van der Waals surface area contributed by atoms with E-state index in [2.05, 4.69) is 74.8 Å². The molecule has 0 spiro atoms. The SMILES string of the molecule is CC(C)c1cc(Br)cc(C(C)C)c1OCCCN(C)C.Cl. The van der Waals surface area contributed by atoms with E-state index in [0.29, 0.717) is 11.8 Å². The molecule has 1 aromatic rings. The fraction of sp³-hybridized carbons (Fsp3) is 0.647. The molecule has 0 saturated heterocycles. The van der Waals surface area contributed by atoms with Gasteiger partial charge in [-0.05, 0) is 55.6 Å². The van der Waals surface area contributed by atoms with Crippen LogP contribution in [0, 0.1) is 0 Å². The molecule has 0 bridgehead atoms. The lowest BCUT2D eigenvalue weighted by Gasteiger charge is -2.21. The van der Waals surface area contributed by atoms with Crippen molar-refractivity contribution in [3.05, 3.63) is 27.7 Å². The molecule has 0 fully saturated rings. The van der Waals surface area contributed by atoms with Crippen molar-refractivity contribution in [1.29, 1.82) is 0 Å². The van der Waals surface area contributed by atoms with Crippen molar-refractivity contribution in [2.45, 2.75) is 46.0 Å². The summed E-state index contributed by atoms with van der Waals surface area (Å²) in [5, 5.41) is 0. The van der Waals surface area contributed by atoms with E-state index in [4.69, 9.17) is 4.74 Å². The third-order valence-corrected chi connectivity index (χ3v) is 3.81. The van der Waals surface area contributed by atoms with Crippen molar-refractivity contribution in [3.8, 4) is 5.75 Å². The second-order valence-electron chi connectivity index (χ2n) is 6.23. The molecule has 0 aromatic heterocycles. The number of hydrogen-bond acceptors (Lipinski definition) is 2. The lowest BCUT2D eigenvalue weighted by molar-refractivity contribution is 0.275. The minimum atomic E-state index is 0. The molecule has 0 unspecified atom stereocenters. The molecule has 0 saturated carbocycles. The van der Waals surface area contributed by atoms with E-state index < -0.39 is 0 Å². The Labute approximate surface area is 144 Å². The third-order valence-electron chi connectivity index (χ3n) is 3.35. The average molecular weight is 379 g/mol. The summed E-state index contributed by atoms with van der Waals surface area (Å²) in [5.41, 5.74) is 2.60. The molecule has 122 valence electrons. The minimum Gasteiger partial charge on any atom is -0.493 e. The van der Waals surface area contributed by atoms with E-state index in [-0.39, 0.29) is 12.4 Å². The Bertz CT molecular complexity index is 404. The van der Waals surface area contributed by atoms with E-state index in [1.807, 2.05) is 0 Å². The summed E-state index contributed by atoms with van der Waals surface area (Å²) in [6.45, 7) is 10.7. The van der Waals surface area contributed by atoms with Crippen LogP contribution in [0.5, 0.6) is 5.75 Å². The second-order valence-corrected chi connectivity index (χ2v) is 7.14. The molecule has 1 aromatic carbocycles. The Morgan fingerprint density at radius 3 is 1.90 bits per heavy atom. The van der Waals surface area contributed by atoms with Crippen LogP contribution < -0.4 is 4.74 Å². The molecule has 2 nitrogen and oxygen atoms in total. The Balaban J connectivity index is 0.00000400. The van der Waals surface area contributed by atoms with Gasteiger partial charge < -0.3 is 9.64 Å². The first kappa shape index (κ1) is 20.8. The zero-order chi connectivity index (χ0) is 15.3. The molecule has 1 rings (SSSR count). The van der Waals surface area contributed by atoms with Crippen LogP contribution in [0.4, 0.5) is 0 Å². The van der Waals surface area contributed by atoms with Crippen LogP contribution in [0.1, 0.15) is 57.1 Å². The van der Waals surface area contributed by atoms with Gasteiger partial charge in [0.25, 0.3) is 0 Å². The van der Waals surface area contributed by atoms with Crippen molar-refractivity contribution >= 4 is 28.3 Å². The number of halogens is 2. The van der Waals surface area contributed by atoms with Gasteiger partial charge in [-0.1, -0.05) is 43.6 Å². The Hall–Kier alpha value is -0.250. The molecule has 0 heterocycles. The maximum Gasteiger partial charge on any atom is 0.126 e. The van der Waals surface area contributed by atoms with Crippen molar-refractivity contribution < 1.29 is 4.74 Å². The molecule has 0 N–H and O–H groups in total. The number of rotatable bonds is 7. The summed E-state index contributed by atoms with van der Waals surface area (Å²) in [6, 6.07) is 4.38. The predicted octanol–water partition coefficient (Wildman–Crippen LogP) is 5.45. The van der Waals surface area contributed by atoms with Gasteiger partial charge >= 0.3 is 0 Å². The zero-order valence-corrected chi connectivity index (χ0v) is 16.5. The molecule has 0 aliphatic rings. The molecule has 0 atom stereocenters. The van der Waals surface area contributed by atoms with Gasteiger partial charge in [-0.25, -0.2) is 0 Å². The number of nitrogens with zero attached hydrogens (tertiary/aromatic N) is 1. The number of benzene rings is 1. The first-order valence-corrected chi connectivity index (χ1v) is 8.23. The molecule has 0 aliphatic carbocycles. The molecular weight excluding hydrogens is 350 g/mol. The van der Waals surface area contributed by atoms with E-state index in [0.717, 1.165) is 29.8 Å². The fourth-order valence-corrected chi connectivity index (χ4v) is 2.71. The summed E-state index contributed by atoms with van der Waals surface area (Å²) in [7, 11) is 4.19. The van der Waals surface area contributed by atoms with E-state index in [1.54, 1.807) is 0 Å². The monoisotopic (exact) mass is 377 g/mol. The van der Waals surface area contributed by atoms with Crippen LogP contribution in [0.15, 0.2) is 16.6 Å². The van der Waals surface area contributed by atoms with Gasteiger partial charge in [0.2, 0.25) is 0 Å². The van der Waals surface area contributed by atoms with Crippen LogP contribution in [-0.2, 0) is 0 Å². The summed E-state index contributed by atoms with van der Waals surface area (Å²) >= 11 is 3.62. The van der Waals surface area contributed by atoms with Gasteiger partial charge in [0.15, 0.2) is 0 Å². The summed E-state index contributed by atoms with van der Waals surface area (Å²) < 4.78 is 7.29. The van der Waals surface area contributed by atoms with Crippen molar-refractivity contribution in [2.24, 2.45) is 0 Å². The van der Waals surface area contributed by atoms with Crippen molar-refractivity contribution in [1.82, 2.24) is 4.90 Å². The lowest BCUT2D eigenvalue weighted by Crippen LogP contribution is -2.16. The molecular formula is C17H29BrClNO. The van der Waals surface area contributed by atoms with E-state index in [9.17, 15) is 0 Å². The first-order chi connectivity index (χ1) is 9.32. The third kappa shape index (κ3) is 6.58. The van der Waals surface area contributed by atoms with Gasteiger partial charge in [0.1, 0.15) is 5.75 Å². The molecule has 21 heavy (non-hydrogen) atoms. The number of hydrogen-bond donors (Lipinski definition) is 0. The minimum absolute atomic E-state index is 0. The van der Waals surface area contributed by atoms with Gasteiger partial charge in [0.05, 0.1) is 6.61 Å². The summed E-state index contributed by atoms with van der Waals surface area (Å²) in [4.78, 5) is 2.19. The van der Waals surface area contributed by atoms with Gasteiger partial charge in [-0.3, -0.25) is 0 Å². The normalized spacial score (nSPS) is 11.1. The van der Waals surface area contributed by atoms with Crippen LogP contribution in [0.25, 0.3) is 0 Å². The van der Waals surface area contributed by atoms with Gasteiger partial charge in [-0.2, -0.15) is 0 Å². The highest BCUT2D eigenvalue weighted by molar-refractivity contribution is 9.10. The van der Waals surface area contributed by atoms with E-state index >= 15 is 0 Å². The van der Waals surface area contributed by atoms with Gasteiger partial charge in [0, 0.05) is 11.0 Å². The average Bonchev–Trinajstić information content (AvgIpc) is 2.34. The highest BCUT2D eigenvalue weighted by atomic mass is 79.9. The van der Waals surface area contributed by atoms with Crippen LogP contribution in [-0.4, -0.2) is 32.1 Å². The summed E-state index contributed by atoms with van der Waals surface area (Å²) in [6.07, 6.45) is 1.05. The molecule has 0 radical (unpaired) electrons. The standard InChI is InChI=1S/C17H28BrNO.ClH/c1-12(2)15-10-14(18)11-16(13(3)4)17(15)20-9-7-8-19(5)6;/h10-13H,7-9H2,1-6H3;1H. The maximum atomic E-state index is 6.15. The van der Waals surface area contributed by atoms with Crippen LogP contribution >= 0.6 is 28.3 Å². The first-order valence-electron chi connectivity index (χ1n) is 7.43. The Kier molecular flexibility index (Phi) is 9.59. The van der Waals surface area contributed by atoms with Crippen LogP contribution in [0.3, 0.4) is 0 Å². The topological polar surface area (TPSA) is 12.5 Å². The molecule has 0 amide bonds. The zero-order valence-electron chi connectivity index (χ0n) is 14.1. The predicted molar refractivity (Wildman–Crippen MR) is 98.2 cm³/mol. The number of ether oxygens (including phenoxy) is 1. The molecule has 4 heteroatoms. The van der Waals surface area contributed by atoms with Gasteiger partial charge in [-0.15, -0.1) is 12.4 Å². The smallest absolute Gasteiger partial charge is 0.126 e. The second kappa shape index (κ2) is 9.70. The Morgan fingerprint density at radius 1 is 1.05 bits per heavy atom. The highest BCUT2D eigenvalue weighted by Gasteiger charge is 2.16. The van der Waals surface area contributed by atoms with E-state index in [1.165, 1.54) is 11.1 Å². The van der Waals surface area contributed by atoms with Crippen LogP contribution in [0.2, 0.25) is 0 Å². The fourth-order valence-electron chi connectivity index (χ4n) is 2.22. The molecule has 0 aliphatic heterocycles. The Morgan fingerprint density at radius 2 is 1.52 bits per heavy atom. The lowest BCUT2D eigenvalue weighted by atomic mass is 9.94. The maximum absolute atomic E-state index is 6.15.